The van der Waals surface area contributed by atoms with Crippen molar-refractivity contribution in [3.05, 3.63) is 35.1 Å². The predicted molar refractivity (Wildman–Crippen MR) is 62.3 cm³/mol. The monoisotopic (exact) mass is 274 g/mol. The fourth-order valence-corrected chi connectivity index (χ4v) is 2.50. The highest BCUT2D eigenvalue weighted by Crippen LogP contribution is 2.33. The van der Waals surface area contributed by atoms with Crippen LogP contribution in [-0.2, 0) is 6.18 Å². The van der Waals surface area contributed by atoms with Gasteiger partial charge < -0.3 is 0 Å². The number of carbonyl (C=O) groups is 1. The number of rotatable bonds is 2. The second kappa shape index (κ2) is 5.31. The van der Waals surface area contributed by atoms with Crippen molar-refractivity contribution in [3.63, 3.8) is 0 Å². The van der Waals surface area contributed by atoms with Gasteiger partial charge in [0.25, 0.3) is 0 Å². The van der Waals surface area contributed by atoms with E-state index in [-0.39, 0.29) is 17.3 Å². The minimum absolute atomic E-state index is 0.0411. The Bertz CT molecular complexity index is 473. The van der Waals surface area contributed by atoms with Gasteiger partial charge in [0, 0.05) is 11.5 Å². The van der Waals surface area contributed by atoms with Crippen LogP contribution in [0.15, 0.2) is 18.2 Å². The van der Waals surface area contributed by atoms with Crippen molar-refractivity contribution in [2.45, 2.75) is 38.3 Å². The lowest BCUT2D eigenvalue weighted by Crippen LogP contribution is -2.19. The summed E-state index contributed by atoms with van der Waals surface area (Å²) >= 11 is 0. The number of ketones is 1. The average molecular weight is 274 g/mol. The topological polar surface area (TPSA) is 17.1 Å². The zero-order chi connectivity index (χ0) is 14.0. The maximum absolute atomic E-state index is 13.1. The molecule has 0 spiro atoms. The molecule has 0 aromatic heterocycles. The zero-order valence-electron chi connectivity index (χ0n) is 10.3. The molecule has 0 unspecified atom stereocenters. The average Bonchev–Trinajstić information content (AvgIpc) is 2.38. The van der Waals surface area contributed by atoms with Gasteiger partial charge in [0.15, 0.2) is 5.78 Å². The summed E-state index contributed by atoms with van der Waals surface area (Å²) in [5.74, 6) is -1.86. The first-order chi connectivity index (χ1) is 8.89. The number of alkyl halides is 3. The highest BCUT2D eigenvalue weighted by molar-refractivity contribution is 5.98. The third kappa shape index (κ3) is 3.14. The molecule has 0 saturated heterocycles. The zero-order valence-corrected chi connectivity index (χ0v) is 10.3. The minimum atomic E-state index is -4.77. The summed E-state index contributed by atoms with van der Waals surface area (Å²) in [7, 11) is 0. The Labute approximate surface area is 108 Å². The molecular formula is C14H14F4O. The van der Waals surface area contributed by atoms with Gasteiger partial charge in [0.1, 0.15) is 5.82 Å². The van der Waals surface area contributed by atoms with E-state index in [2.05, 4.69) is 0 Å². The predicted octanol–water partition coefficient (Wildman–Crippen LogP) is 4.61. The molecule has 0 heterocycles. The summed E-state index contributed by atoms with van der Waals surface area (Å²) in [6.45, 7) is 0. The third-order valence-electron chi connectivity index (χ3n) is 3.53. The number of halogens is 4. The van der Waals surface area contributed by atoms with Crippen LogP contribution >= 0.6 is 0 Å². The van der Waals surface area contributed by atoms with E-state index in [0.29, 0.717) is 18.9 Å². The lowest BCUT2D eigenvalue weighted by molar-refractivity contribution is -0.140. The number of benzene rings is 1. The molecule has 0 N–H and O–H groups in total. The normalized spacial score (nSPS) is 17.5. The van der Waals surface area contributed by atoms with Crippen LogP contribution in [0.5, 0.6) is 0 Å². The van der Waals surface area contributed by atoms with E-state index in [9.17, 15) is 22.4 Å². The van der Waals surface area contributed by atoms with E-state index in [1.54, 1.807) is 0 Å². The van der Waals surface area contributed by atoms with Gasteiger partial charge in [-0.3, -0.25) is 4.79 Å². The number of hydrogen-bond acceptors (Lipinski definition) is 1. The largest absolute Gasteiger partial charge is 0.419 e. The molecule has 1 aliphatic rings. The second-order valence-electron chi connectivity index (χ2n) is 4.89. The molecule has 0 aliphatic heterocycles. The molecule has 1 aromatic carbocycles. The molecular weight excluding hydrogens is 260 g/mol. The Kier molecular flexibility index (Phi) is 3.92. The van der Waals surface area contributed by atoms with Crippen LogP contribution in [0.2, 0.25) is 0 Å². The summed E-state index contributed by atoms with van der Waals surface area (Å²) in [6.07, 6.45) is -0.462. The maximum atomic E-state index is 13.1. The van der Waals surface area contributed by atoms with Crippen LogP contribution in [0.3, 0.4) is 0 Å². The molecule has 0 radical (unpaired) electrons. The van der Waals surface area contributed by atoms with Gasteiger partial charge in [-0.1, -0.05) is 19.3 Å². The molecule has 1 saturated carbocycles. The van der Waals surface area contributed by atoms with Crippen LogP contribution < -0.4 is 0 Å². The Morgan fingerprint density at radius 1 is 1.11 bits per heavy atom. The molecule has 0 amide bonds. The standard InChI is InChI=1S/C14H14F4O/c15-12-7-6-10(8-11(12)14(16,17)18)13(19)9-4-2-1-3-5-9/h6-9H,1-5H2. The third-order valence-corrected chi connectivity index (χ3v) is 3.53. The minimum Gasteiger partial charge on any atom is -0.294 e. The second-order valence-corrected chi connectivity index (χ2v) is 4.89. The molecule has 2 rings (SSSR count). The van der Waals surface area contributed by atoms with Gasteiger partial charge in [-0.15, -0.1) is 0 Å². The molecule has 0 atom stereocenters. The van der Waals surface area contributed by atoms with Crippen molar-refractivity contribution in [1.82, 2.24) is 0 Å². The van der Waals surface area contributed by atoms with E-state index < -0.39 is 17.6 Å². The fourth-order valence-electron chi connectivity index (χ4n) is 2.50. The summed E-state index contributed by atoms with van der Waals surface area (Å²) in [5, 5.41) is 0. The highest BCUT2D eigenvalue weighted by Gasteiger charge is 2.35. The first-order valence-electron chi connectivity index (χ1n) is 6.30. The first kappa shape index (κ1) is 14.0. The van der Waals surface area contributed by atoms with E-state index in [1.165, 1.54) is 0 Å². The van der Waals surface area contributed by atoms with Crippen LogP contribution in [-0.4, -0.2) is 5.78 Å². The van der Waals surface area contributed by atoms with Crippen molar-refractivity contribution in [2.75, 3.05) is 0 Å². The van der Waals surface area contributed by atoms with Gasteiger partial charge in [0.05, 0.1) is 5.56 Å². The molecule has 1 aromatic rings. The summed E-state index contributed by atoms with van der Waals surface area (Å²) in [5.41, 5.74) is -1.41. The van der Waals surface area contributed by atoms with Gasteiger partial charge in [-0.25, -0.2) is 4.39 Å². The molecule has 104 valence electrons. The summed E-state index contributed by atoms with van der Waals surface area (Å²) < 4.78 is 50.9. The van der Waals surface area contributed by atoms with Crippen LogP contribution in [0.4, 0.5) is 17.6 Å². The smallest absolute Gasteiger partial charge is 0.294 e. The van der Waals surface area contributed by atoms with Gasteiger partial charge >= 0.3 is 6.18 Å². The lowest BCUT2D eigenvalue weighted by Gasteiger charge is -2.20. The van der Waals surface area contributed by atoms with Crippen molar-refractivity contribution < 1.29 is 22.4 Å². The van der Waals surface area contributed by atoms with Crippen molar-refractivity contribution in [3.8, 4) is 0 Å². The van der Waals surface area contributed by atoms with Crippen LogP contribution in [0, 0.1) is 11.7 Å². The van der Waals surface area contributed by atoms with Crippen molar-refractivity contribution >= 4 is 5.78 Å². The number of carbonyl (C=O) groups excluding carboxylic acids is 1. The SMILES string of the molecule is O=C(c1ccc(F)c(C(F)(F)F)c1)C1CCCCC1. The molecule has 0 bridgehead atoms. The molecule has 1 nitrogen and oxygen atoms in total. The highest BCUT2D eigenvalue weighted by atomic mass is 19.4. The van der Waals surface area contributed by atoms with E-state index in [1.807, 2.05) is 0 Å². The summed E-state index contributed by atoms with van der Waals surface area (Å²) in [4.78, 5) is 12.1. The van der Waals surface area contributed by atoms with E-state index >= 15 is 0 Å². The number of Topliss-reactive ketones (excluding diaryl/α,β-unsaturated/α-hetero) is 1. The Balaban J connectivity index is 2.27. The molecule has 1 fully saturated rings. The quantitative estimate of drug-likeness (QED) is 0.568. The van der Waals surface area contributed by atoms with Crippen molar-refractivity contribution in [2.24, 2.45) is 5.92 Å². The Hall–Kier alpha value is -1.39. The molecule has 19 heavy (non-hydrogen) atoms. The lowest BCUT2D eigenvalue weighted by atomic mass is 9.83. The Morgan fingerprint density at radius 2 is 1.74 bits per heavy atom. The first-order valence-corrected chi connectivity index (χ1v) is 6.30. The van der Waals surface area contributed by atoms with Crippen LogP contribution in [0.25, 0.3) is 0 Å². The fraction of sp³-hybridized carbons (Fsp3) is 0.500. The van der Waals surface area contributed by atoms with Crippen LogP contribution in [0.1, 0.15) is 48.0 Å². The van der Waals surface area contributed by atoms with Gasteiger partial charge in [0.2, 0.25) is 0 Å². The molecule has 1 aliphatic carbocycles. The van der Waals surface area contributed by atoms with Crippen molar-refractivity contribution in [1.29, 1.82) is 0 Å². The molecule has 5 heteroatoms. The van der Waals surface area contributed by atoms with Gasteiger partial charge in [-0.2, -0.15) is 13.2 Å². The van der Waals surface area contributed by atoms with E-state index in [0.717, 1.165) is 31.4 Å². The summed E-state index contributed by atoms with van der Waals surface area (Å²) in [6, 6.07) is 2.49. The Morgan fingerprint density at radius 3 is 2.32 bits per heavy atom. The maximum Gasteiger partial charge on any atom is 0.419 e. The van der Waals surface area contributed by atoms with E-state index in [4.69, 9.17) is 0 Å². The number of hydrogen-bond donors (Lipinski definition) is 0. The van der Waals surface area contributed by atoms with Gasteiger partial charge in [-0.05, 0) is 31.0 Å².